The van der Waals surface area contributed by atoms with E-state index in [2.05, 4.69) is 33.6 Å². The fourth-order valence-corrected chi connectivity index (χ4v) is 6.62. The summed E-state index contributed by atoms with van der Waals surface area (Å²) in [6.45, 7) is 3.19. The van der Waals surface area contributed by atoms with Gasteiger partial charge in [-0.1, -0.05) is 12.8 Å². The molecule has 2 heterocycles. The summed E-state index contributed by atoms with van der Waals surface area (Å²) in [5.74, 6) is 4.94. The Kier molecular flexibility index (Phi) is 4.30. The molecular formula is C21H33N5. The van der Waals surface area contributed by atoms with Crippen LogP contribution in [0.2, 0.25) is 0 Å². The fraction of sp³-hybridized carbons (Fsp3) is 0.810. The summed E-state index contributed by atoms with van der Waals surface area (Å²) in [4.78, 5) is 11.7. The average molecular weight is 356 g/mol. The Hall–Kier alpha value is -1.36. The van der Waals surface area contributed by atoms with Crippen LogP contribution in [-0.4, -0.2) is 42.7 Å². The Balaban J connectivity index is 1.26. The molecule has 3 saturated carbocycles. The third kappa shape index (κ3) is 3.08. The Morgan fingerprint density at radius 2 is 2.15 bits per heavy atom. The second-order valence-corrected chi connectivity index (χ2v) is 9.47. The molecule has 0 radical (unpaired) electrons. The lowest BCUT2D eigenvalue weighted by Crippen LogP contribution is -2.36. The molecule has 4 aliphatic rings. The number of nitrogens with zero attached hydrogens (tertiary/aromatic N) is 3. The average Bonchev–Trinajstić information content (AvgIpc) is 3.22. The highest BCUT2D eigenvalue weighted by Crippen LogP contribution is 2.58. The summed E-state index contributed by atoms with van der Waals surface area (Å²) in [5, 5.41) is 7.03. The highest BCUT2D eigenvalue weighted by atomic mass is 15.3. The van der Waals surface area contributed by atoms with E-state index in [0.717, 1.165) is 49.2 Å². The van der Waals surface area contributed by atoms with Crippen LogP contribution in [0.25, 0.3) is 0 Å². The third-order valence-electron chi connectivity index (χ3n) is 7.82. The van der Waals surface area contributed by atoms with Crippen molar-refractivity contribution in [2.75, 3.05) is 36.9 Å². The van der Waals surface area contributed by atoms with Crippen molar-refractivity contribution in [1.29, 1.82) is 0 Å². The first-order valence-electron chi connectivity index (χ1n) is 10.7. The van der Waals surface area contributed by atoms with Crippen LogP contribution in [0.15, 0.2) is 12.3 Å². The Morgan fingerprint density at radius 1 is 1.23 bits per heavy atom. The van der Waals surface area contributed by atoms with Crippen LogP contribution in [0.3, 0.4) is 0 Å². The van der Waals surface area contributed by atoms with E-state index in [-0.39, 0.29) is 0 Å². The second-order valence-electron chi connectivity index (χ2n) is 9.47. The molecular weight excluding hydrogens is 322 g/mol. The molecule has 0 spiro atoms. The molecule has 2 N–H and O–H groups in total. The summed E-state index contributed by atoms with van der Waals surface area (Å²) < 4.78 is 0. The quantitative estimate of drug-likeness (QED) is 0.849. The van der Waals surface area contributed by atoms with Crippen LogP contribution in [0.4, 0.5) is 11.8 Å². The van der Waals surface area contributed by atoms with Gasteiger partial charge >= 0.3 is 0 Å². The maximum Gasteiger partial charge on any atom is 0.224 e. The molecule has 1 aliphatic heterocycles. The predicted octanol–water partition coefficient (Wildman–Crippen LogP) is 3.29. The molecule has 26 heavy (non-hydrogen) atoms. The monoisotopic (exact) mass is 355 g/mol. The first kappa shape index (κ1) is 16.8. The van der Waals surface area contributed by atoms with E-state index in [0.29, 0.717) is 11.5 Å². The summed E-state index contributed by atoms with van der Waals surface area (Å²) in [6, 6.07) is 2.63. The molecule has 1 unspecified atom stereocenters. The minimum absolute atomic E-state index is 0.503. The van der Waals surface area contributed by atoms with E-state index in [9.17, 15) is 0 Å². The van der Waals surface area contributed by atoms with Gasteiger partial charge < -0.3 is 15.5 Å². The second kappa shape index (κ2) is 6.66. The number of nitrogens with one attached hydrogen (secondary N) is 2. The Bertz CT molecular complexity index is 649. The largest absolute Gasteiger partial charge is 0.355 e. The van der Waals surface area contributed by atoms with Gasteiger partial charge in [0.15, 0.2) is 0 Å². The molecule has 4 fully saturated rings. The summed E-state index contributed by atoms with van der Waals surface area (Å²) in [6.07, 6.45) is 13.3. The van der Waals surface area contributed by atoms with E-state index in [4.69, 9.17) is 4.98 Å². The minimum atomic E-state index is 0.503. The van der Waals surface area contributed by atoms with Crippen LogP contribution < -0.4 is 15.5 Å². The minimum Gasteiger partial charge on any atom is -0.355 e. The zero-order valence-corrected chi connectivity index (χ0v) is 16.1. The van der Waals surface area contributed by atoms with Crippen molar-refractivity contribution in [3.8, 4) is 0 Å². The summed E-state index contributed by atoms with van der Waals surface area (Å²) in [5.41, 5.74) is 0.503. The first-order chi connectivity index (χ1) is 12.7. The Labute approximate surface area is 157 Å². The van der Waals surface area contributed by atoms with Gasteiger partial charge in [-0.15, -0.1) is 0 Å². The number of anilines is 2. The van der Waals surface area contributed by atoms with Crippen LogP contribution in [-0.2, 0) is 0 Å². The molecule has 5 rings (SSSR count). The van der Waals surface area contributed by atoms with E-state index < -0.39 is 0 Å². The first-order valence-corrected chi connectivity index (χ1v) is 10.7. The maximum atomic E-state index is 4.84. The van der Waals surface area contributed by atoms with Gasteiger partial charge in [0.25, 0.3) is 0 Å². The lowest BCUT2D eigenvalue weighted by molar-refractivity contribution is 0.137. The van der Waals surface area contributed by atoms with Crippen molar-refractivity contribution in [3.05, 3.63) is 12.3 Å². The van der Waals surface area contributed by atoms with Crippen molar-refractivity contribution in [1.82, 2.24) is 15.3 Å². The molecule has 5 heteroatoms. The SMILES string of the molecule is CN[C@@H]1CCN(c2ccnc(NC[C@]34CCC[C@H]5C[C@@H](CC5C3)C4)n2)C1. The smallest absolute Gasteiger partial charge is 0.224 e. The molecule has 142 valence electrons. The standard InChI is InChI=1S/C21H33N5/c1-22-18-5-8-26(13-18)19-4-7-23-20(25-19)24-14-21-6-2-3-16-9-15(11-21)10-17(16)12-21/h4,7,15-18,22H,2-3,5-6,8-14H2,1H3,(H,23,24,25)/t15-,16-,17?,18+,21-/m0/s1. The van der Waals surface area contributed by atoms with E-state index >= 15 is 0 Å². The van der Waals surface area contributed by atoms with Crippen LogP contribution in [0.5, 0.6) is 0 Å². The van der Waals surface area contributed by atoms with E-state index in [1.54, 1.807) is 0 Å². The number of likely N-dealkylation sites (N-methyl/N-ethyl adjacent to an activating group) is 1. The number of aromatic nitrogens is 2. The van der Waals surface area contributed by atoms with Crippen LogP contribution in [0.1, 0.15) is 51.4 Å². The molecule has 1 aromatic rings. The third-order valence-corrected chi connectivity index (χ3v) is 7.82. The molecule has 0 amide bonds. The van der Waals surface area contributed by atoms with E-state index in [1.807, 2.05) is 6.20 Å². The Morgan fingerprint density at radius 3 is 3.04 bits per heavy atom. The number of hydrogen-bond acceptors (Lipinski definition) is 5. The highest BCUT2D eigenvalue weighted by molar-refractivity contribution is 5.44. The van der Waals surface area contributed by atoms with Gasteiger partial charge in [0.05, 0.1) is 0 Å². The van der Waals surface area contributed by atoms with Crippen LogP contribution in [0, 0.1) is 23.2 Å². The predicted molar refractivity (Wildman–Crippen MR) is 105 cm³/mol. The van der Waals surface area contributed by atoms with Gasteiger partial charge in [0.2, 0.25) is 5.95 Å². The number of rotatable bonds is 5. The van der Waals surface area contributed by atoms with Gasteiger partial charge in [-0.3, -0.25) is 0 Å². The number of hydrogen-bond donors (Lipinski definition) is 2. The molecule has 0 aromatic carbocycles. The van der Waals surface area contributed by atoms with Gasteiger partial charge in [-0.05, 0) is 74.8 Å². The summed E-state index contributed by atoms with van der Waals surface area (Å²) in [7, 11) is 2.05. The molecule has 1 saturated heterocycles. The van der Waals surface area contributed by atoms with Crippen molar-refractivity contribution < 1.29 is 0 Å². The molecule has 3 aliphatic carbocycles. The summed E-state index contributed by atoms with van der Waals surface area (Å²) >= 11 is 0. The van der Waals surface area contributed by atoms with Gasteiger partial charge in [0, 0.05) is 31.9 Å². The molecule has 1 aromatic heterocycles. The van der Waals surface area contributed by atoms with Crippen molar-refractivity contribution in [3.63, 3.8) is 0 Å². The van der Waals surface area contributed by atoms with Crippen molar-refractivity contribution in [2.45, 2.75) is 57.4 Å². The van der Waals surface area contributed by atoms with Gasteiger partial charge in [-0.2, -0.15) is 4.98 Å². The highest BCUT2D eigenvalue weighted by Gasteiger charge is 2.49. The van der Waals surface area contributed by atoms with Gasteiger partial charge in [0.1, 0.15) is 5.82 Å². The fourth-order valence-electron chi connectivity index (χ4n) is 6.62. The van der Waals surface area contributed by atoms with Crippen molar-refractivity contribution in [2.24, 2.45) is 23.2 Å². The lowest BCUT2D eigenvalue weighted by Gasteiger charge is -2.40. The number of fused-ring (bicyclic) bond motifs is 2. The zero-order chi connectivity index (χ0) is 17.6. The molecule has 5 atom stereocenters. The zero-order valence-electron chi connectivity index (χ0n) is 16.1. The van der Waals surface area contributed by atoms with Crippen molar-refractivity contribution >= 4 is 11.8 Å². The van der Waals surface area contributed by atoms with Gasteiger partial charge in [-0.25, -0.2) is 4.98 Å². The maximum absolute atomic E-state index is 4.84. The normalized spacial score (nSPS) is 38.6. The van der Waals surface area contributed by atoms with E-state index in [1.165, 1.54) is 51.4 Å². The topological polar surface area (TPSA) is 53.1 Å². The van der Waals surface area contributed by atoms with Crippen LogP contribution >= 0.6 is 0 Å². The molecule has 5 nitrogen and oxygen atoms in total. The lowest BCUT2D eigenvalue weighted by atomic mass is 9.67. The molecule has 3 bridgehead atoms.